The van der Waals surface area contributed by atoms with E-state index in [0.717, 1.165) is 31.5 Å². The Morgan fingerprint density at radius 2 is 1.01 bits per heavy atom. The molecule has 3 aliphatic rings. The molecule has 15 atom stereocenters. The number of aromatic amines is 1. The summed E-state index contributed by atoms with van der Waals surface area (Å²) in [6.07, 6.45) is -6.83. The molecule has 5 aromatic carbocycles. The van der Waals surface area contributed by atoms with Crippen LogP contribution in [0.3, 0.4) is 0 Å². The van der Waals surface area contributed by atoms with Crippen molar-refractivity contribution in [3.05, 3.63) is 173 Å². The Bertz CT molecular complexity index is 5270. The molecule has 3 aliphatic heterocycles. The molecule has 15 amide bonds. The van der Waals surface area contributed by atoms with Crippen molar-refractivity contribution < 1.29 is 120 Å². The van der Waals surface area contributed by atoms with E-state index in [1.54, 1.807) is 106 Å². The van der Waals surface area contributed by atoms with Crippen LogP contribution in [0.25, 0.3) is 10.9 Å². The number of hydrogen-bond acceptors (Lipinski definition) is 21. The van der Waals surface area contributed by atoms with Crippen molar-refractivity contribution in [3.63, 3.8) is 0 Å². The van der Waals surface area contributed by atoms with Gasteiger partial charge in [-0.1, -0.05) is 138 Å². The quantitative estimate of drug-likeness (QED) is 0.0370. The lowest BCUT2D eigenvalue weighted by Gasteiger charge is -2.38. The Morgan fingerprint density at radius 3 is 1.59 bits per heavy atom. The molecule has 1 unspecified atom stereocenters. The second-order valence-electron chi connectivity index (χ2n) is 34.8. The molecule has 728 valence electrons. The van der Waals surface area contributed by atoms with Crippen LogP contribution < -0.4 is 53.6 Å². The number of nitrogens with one attached hydrogen (secondary N) is 10. The molecule has 42 heteroatoms. The van der Waals surface area contributed by atoms with E-state index < -0.39 is 290 Å². The summed E-state index contributed by atoms with van der Waals surface area (Å²) in [5, 5.41) is 77.3. The average molecular weight is 1900 g/mol. The van der Waals surface area contributed by atoms with Crippen molar-refractivity contribution in [2.45, 2.75) is 215 Å². The monoisotopic (exact) mass is 1900 g/mol. The highest BCUT2D eigenvalue weighted by molar-refractivity contribution is 8.00. The van der Waals surface area contributed by atoms with Crippen molar-refractivity contribution in [2.24, 2.45) is 17.6 Å². The first-order chi connectivity index (χ1) is 64.0. The zero-order chi connectivity index (χ0) is 98.9. The Balaban J connectivity index is 1.14. The van der Waals surface area contributed by atoms with Crippen molar-refractivity contribution >= 4 is 123 Å². The summed E-state index contributed by atoms with van der Waals surface area (Å²) in [5.74, 6) is -28.0. The highest BCUT2D eigenvalue weighted by atomic mass is 32.2. The SMILES string of the molecule is CCCC[C@H]1C(=O)N2C[C@H](O)C[C@@H]2C(=O)N[C@@H](CC(=O)O)C(=O)N[C@@H](C(C)C)C(=O)N(C)C(Cc2ccccc2)C(=O)N[C@@H](CC(=O)O)C(=O)N2C[C@H](O)C[C@H]2C(=O)N[C@@H](Cc2c[nH]c3ccccc23)C(=O)N[C@@H](Cc2ccc(O)cc2)C(=O)N[C@@H](CC(C)C)C(=O)N[C@H](C(=O)NCC(N)=O)CSCC(=O)N[C@@H](Cc2cc(F)c(F)c(F)c2)C(=O)N(C)[C@@H](CCc2ccccc2)C(=O)N1C. The van der Waals surface area contributed by atoms with Crippen molar-refractivity contribution in [1.29, 1.82) is 0 Å². The van der Waals surface area contributed by atoms with Crippen molar-refractivity contribution in [3.8, 4) is 5.75 Å². The normalized spacial score (nSPS) is 24.5. The Morgan fingerprint density at radius 1 is 0.511 bits per heavy atom. The number of aryl methyl sites for hydroxylation is 1. The predicted molar refractivity (Wildman–Crippen MR) is 484 cm³/mol. The number of rotatable bonds is 24. The van der Waals surface area contributed by atoms with E-state index in [9.17, 15) is 68.3 Å². The van der Waals surface area contributed by atoms with Crippen LogP contribution in [0.15, 0.2) is 128 Å². The van der Waals surface area contributed by atoms with Gasteiger partial charge in [0.05, 0.1) is 37.3 Å². The predicted octanol–water partition coefficient (Wildman–Crippen LogP) is 0.667. The summed E-state index contributed by atoms with van der Waals surface area (Å²) in [6, 6.07) is 6.80. The topological polar surface area (TPSA) is 558 Å². The number of hydrogen-bond donors (Lipinski definition) is 16. The molecule has 0 aliphatic carbocycles. The number of amides is 15. The number of unbranched alkanes of at least 4 members (excludes halogenated alkanes) is 1. The maximum absolute atomic E-state index is 15.7. The van der Waals surface area contributed by atoms with Gasteiger partial charge < -0.3 is 109 Å². The fourth-order valence-electron chi connectivity index (χ4n) is 16.5. The van der Waals surface area contributed by atoms with E-state index in [2.05, 4.69) is 52.8 Å². The Hall–Kier alpha value is -13.5. The lowest BCUT2D eigenvalue weighted by molar-refractivity contribution is -0.152. The van der Waals surface area contributed by atoms with Gasteiger partial charge in [-0.2, -0.15) is 0 Å². The number of para-hydroxylation sites is 1. The lowest BCUT2D eigenvalue weighted by atomic mass is 9.98. The first kappa shape index (κ1) is 105. The number of halogens is 3. The third kappa shape index (κ3) is 29.2. The molecule has 0 bridgehead atoms. The number of likely N-dealkylation sites (N-methyl/N-ethyl adjacent to an activating group) is 3. The van der Waals surface area contributed by atoms with Crippen LogP contribution in [0.1, 0.15) is 120 Å². The fourth-order valence-corrected chi connectivity index (χ4v) is 17.4. The zero-order valence-electron chi connectivity index (χ0n) is 75.9. The number of carbonyl (C=O) groups excluding carboxylic acids is 15. The summed E-state index contributed by atoms with van der Waals surface area (Å²) in [4.78, 5) is 258. The third-order valence-electron chi connectivity index (χ3n) is 23.7. The molecule has 135 heavy (non-hydrogen) atoms. The molecular formula is C93H117F3N16O22S. The number of thioether (sulfide) groups is 1. The Labute approximate surface area is 780 Å². The molecular weight excluding hydrogens is 1780 g/mol. The molecule has 1 aromatic heterocycles. The number of carboxylic acids is 2. The molecule has 17 N–H and O–H groups in total. The van der Waals surface area contributed by atoms with Crippen LogP contribution in [-0.4, -0.2) is 299 Å². The Kier molecular flexibility index (Phi) is 38.1. The first-order valence-corrected chi connectivity index (χ1v) is 45.5. The number of H-pyrrole nitrogens is 1. The summed E-state index contributed by atoms with van der Waals surface area (Å²) in [5.41, 5.74) is 7.34. The summed E-state index contributed by atoms with van der Waals surface area (Å²) in [7, 11) is 3.54. The maximum Gasteiger partial charge on any atom is 0.305 e. The first-order valence-electron chi connectivity index (χ1n) is 44.3. The molecule has 0 radical (unpaired) electrons. The number of nitrogens with two attached hydrogens (primary N) is 1. The summed E-state index contributed by atoms with van der Waals surface area (Å²) in [6.45, 7) is 5.99. The summed E-state index contributed by atoms with van der Waals surface area (Å²) >= 11 is 0.641. The fraction of sp³-hybridized carbons (Fsp3) is 0.473. The molecule has 0 saturated carbocycles. The molecule has 6 aromatic rings. The van der Waals surface area contributed by atoms with Crippen LogP contribution in [0.4, 0.5) is 13.2 Å². The number of aromatic nitrogens is 1. The minimum atomic E-state index is -2.11. The smallest absolute Gasteiger partial charge is 0.305 e. The number of primary amides is 1. The van der Waals surface area contributed by atoms with Crippen LogP contribution in [0.5, 0.6) is 5.75 Å². The number of aliphatic hydroxyl groups excluding tert-OH is 2. The van der Waals surface area contributed by atoms with Gasteiger partial charge >= 0.3 is 11.9 Å². The molecule has 38 nitrogen and oxygen atoms in total. The number of carboxylic acid groups (broad SMARTS) is 2. The van der Waals surface area contributed by atoms with Gasteiger partial charge in [-0.05, 0) is 95.7 Å². The molecule has 3 fully saturated rings. The number of nitrogens with zero attached hydrogens (tertiary/aromatic N) is 5. The zero-order valence-corrected chi connectivity index (χ0v) is 76.7. The number of aliphatic carboxylic acids is 2. The van der Waals surface area contributed by atoms with E-state index in [0.29, 0.717) is 63.5 Å². The highest BCUT2D eigenvalue weighted by Crippen LogP contribution is 2.29. The van der Waals surface area contributed by atoms with Gasteiger partial charge in [-0.15, -0.1) is 11.8 Å². The van der Waals surface area contributed by atoms with E-state index in [1.807, 2.05) is 0 Å². The van der Waals surface area contributed by atoms with Gasteiger partial charge in [0.2, 0.25) is 88.6 Å². The summed E-state index contributed by atoms with van der Waals surface area (Å²) < 4.78 is 45.1. The van der Waals surface area contributed by atoms with Crippen LogP contribution in [0, 0.1) is 29.3 Å². The number of phenols is 1. The van der Waals surface area contributed by atoms with E-state index in [1.165, 1.54) is 58.4 Å². The maximum atomic E-state index is 15.7. The van der Waals surface area contributed by atoms with Crippen LogP contribution in [0.2, 0.25) is 0 Å². The van der Waals surface area contributed by atoms with Crippen LogP contribution in [-0.2, 0) is 114 Å². The lowest BCUT2D eigenvalue weighted by Crippen LogP contribution is -2.62. The van der Waals surface area contributed by atoms with E-state index in [4.69, 9.17) is 5.73 Å². The molecule has 3 saturated heterocycles. The van der Waals surface area contributed by atoms with Gasteiger partial charge in [0.1, 0.15) is 84.3 Å². The van der Waals surface area contributed by atoms with Gasteiger partial charge in [0.25, 0.3) is 0 Å². The number of aromatic hydroxyl groups is 1. The minimum Gasteiger partial charge on any atom is -0.508 e. The van der Waals surface area contributed by atoms with Gasteiger partial charge in [0, 0.05) is 95.6 Å². The van der Waals surface area contributed by atoms with E-state index >= 15 is 51.9 Å². The van der Waals surface area contributed by atoms with E-state index in [-0.39, 0.29) is 56.3 Å². The van der Waals surface area contributed by atoms with Crippen molar-refractivity contribution in [1.82, 2.24) is 77.3 Å². The third-order valence-corrected chi connectivity index (χ3v) is 24.8. The van der Waals surface area contributed by atoms with Crippen molar-refractivity contribution in [2.75, 3.05) is 52.3 Å². The number of benzene rings is 5. The molecule has 4 heterocycles. The van der Waals surface area contributed by atoms with Gasteiger partial charge in [0.15, 0.2) is 17.5 Å². The largest absolute Gasteiger partial charge is 0.508 e. The number of fused-ring (bicyclic) bond motifs is 3. The number of aliphatic hydroxyl groups is 2. The second kappa shape index (κ2) is 48.9. The number of carbonyl (C=O) groups is 17. The minimum absolute atomic E-state index is 0.0381. The molecule has 0 spiro atoms. The standard InChI is InChI=1S/C93H117F3N16O22S/c1-9-10-25-70-92(133)112-46-58(115)40-74(112)88(129)104-66(41-77(118)119)85(126)107-80(50(4)5)93(134)110(8)72(37-52-21-15-12-16-22-52)86(127)105-68(42-78(120)121)90(131)111-45-57(114)39-73(111)87(128)103-65(38-55-43-98-62-24-18-17-23-59(55)62)84(125)102-64(35-53-26-29-56(113)30-27-53)83(124)101-63(32-49(2)3)82(123)106-69(81(122)99-44-75(97)116)47-135-48-76(117)100-67(36-54-33-60(94)79(96)61(95)34-54)89(130)108(6)71(91(132)109(70)7)31-28-51-19-13-11-14-20-51/h11-24,26-27,29-30,33-34,43,49-50,57-58,63-74,80,98,113-115H,9-10,25,28,31-32,35-42,44-48H2,1-8H3,(H2,97,116)(H,99,122)(H,100,117)(H,101,124)(H,102,125)(H,103,128)(H,104,129)(H,105,127)(H,106,123)(H,107,126)(H,118,119)(H,120,121)/t57-,58-,63+,64+,65+,66+,67+,68+,69+,70+,71+,72?,73+,74-,80+/m1/s1. The average Bonchev–Trinajstić information content (AvgIpc) is 1.71. The van der Waals surface area contributed by atoms with Gasteiger partial charge in [-0.25, -0.2) is 13.2 Å². The highest BCUT2D eigenvalue weighted by Gasteiger charge is 2.49. The van der Waals surface area contributed by atoms with Gasteiger partial charge in [-0.3, -0.25) is 81.5 Å². The second-order valence-corrected chi connectivity index (χ2v) is 35.8. The number of phenolic OH excluding ortho intramolecular Hbond substituents is 1. The van der Waals surface area contributed by atoms with Crippen LogP contribution >= 0.6 is 11.8 Å². The molecule has 9 rings (SSSR count).